The van der Waals surface area contributed by atoms with E-state index < -0.39 is 0 Å². The molecule has 0 amide bonds. The van der Waals surface area contributed by atoms with E-state index in [2.05, 4.69) is 120 Å². The molecule has 0 saturated carbocycles. The van der Waals surface area contributed by atoms with Crippen molar-refractivity contribution in [1.82, 2.24) is 0 Å². The Morgan fingerprint density at radius 2 is 1.31 bits per heavy atom. The fraction of sp³-hybridized carbons (Fsp3) is 0.267. The number of hydrogen-bond acceptors (Lipinski definition) is 2. The van der Waals surface area contributed by atoms with Gasteiger partial charge in [-0.25, -0.2) is 0 Å². The molecular weight excluding hydrogens is 390 g/mol. The van der Waals surface area contributed by atoms with E-state index >= 15 is 0 Å². The Bertz CT molecular complexity index is 1430. The molecule has 0 aliphatic rings. The molecule has 1 heterocycles. The lowest BCUT2D eigenvalue weighted by Crippen LogP contribution is -2.16. The molecular formula is C30H31NO. The maximum Gasteiger partial charge on any atom is 0.158 e. The molecule has 2 heteroatoms. The van der Waals surface area contributed by atoms with E-state index in [9.17, 15) is 0 Å². The van der Waals surface area contributed by atoms with Crippen LogP contribution in [0.15, 0.2) is 77.2 Å². The molecule has 0 atom stereocenters. The Hall–Kier alpha value is -3.26. The molecule has 2 nitrogen and oxygen atoms in total. The number of furan rings is 1. The van der Waals surface area contributed by atoms with Gasteiger partial charge in [0.25, 0.3) is 0 Å². The number of rotatable bonds is 2. The molecule has 1 aromatic heterocycles. The van der Waals surface area contributed by atoms with Crippen LogP contribution in [0.5, 0.6) is 0 Å². The Balaban J connectivity index is 1.69. The van der Waals surface area contributed by atoms with Crippen molar-refractivity contribution in [3.8, 4) is 0 Å². The maximum absolute atomic E-state index is 6.40. The first-order chi connectivity index (χ1) is 15.1. The van der Waals surface area contributed by atoms with Crippen molar-refractivity contribution in [2.75, 3.05) is 5.32 Å². The van der Waals surface area contributed by atoms with Gasteiger partial charge < -0.3 is 9.73 Å². The lowest BCUT2D eigenvalue weighted by Gasteiger charge is -2.26. The maximum atomic E-state index is 6.40. The van der Waals surface area contributed by atoms with Crippen LogP contribution in [-0.4, -0.2) is 0 Å². The highest BCUT2D eigenvalue weighted by atomic mass is 16.3. The van der Waals surface area contributed by atoms with Crippen molar-refractivity contribution < 1.29 is 4.42 Å². The van der Waals surface area contributed by atoms with Crippen LogP contribution in [0.2, 0.25) is 0 Å². The Labute approximate surface area is 190 Å². The summed E-state index contributed by atoms with van der Waals surface area (Å²) in [5, 5.41) is 8.47. The first-order valence-corrected chi connectivity index (χ1v) is 11.4. The van der Waals surface area contributed by atoms with Crippen molar-refractivity contribution in [3.63, 3.8) is 0 Å². The first-order valence-electron chi connectivity index (χ1n) is 11.4. The quantitative estimate of drug-likeness (QED) is 0.307. The zero-order chi connectivity index (χ0) is 22.7. The molecule has 0 aliphatic carbocycles. The predicted molar refractivity (Wildman–Crippen MR) is 138 cm³/mol. The SMILES string of the molecule is CC(C)(C)c1cc(Nc2cccc3c2oc2ccc4ccccc4c23)cc(C(C)(C)C)c1. The number of nitrogens with one attached hydrogen (secondary N) is 1. The zero-order valence-corrected chi connectivity index (χ0v) is 19.8. The molecule has 0 bridgehead atoms. The van der Waals surface area contributed by atoms with Crippen molar-refractivity contribution >= 4 is 44.1 Å². The monoisotopic (exact) mass is 421 g/mol. The van der Waals surface area contributed by atoms with Crippen molar-refractivity contribution in [2.24, 2.45) is 0 Å². The summed E-state index contributed by atoms with van der Waals surface area (Å²) in [4.78, 5) is 0. The van der Waals surface area contributed by atoms with Crippen molar-refractivity contribution in [1.29, 1.82) is 0 Å². The van der Waals surface area contributed by atoms with Gasteiger partial charge in [0.2, 0.25) is 0 Å². The molecule has 0 saturated heterocycles. The number of para-hydroxylation sites is 1. The minimum atomic E-state index is 0.0714. The second kappa shape index (κ2) is 7.13. The highest BCUT2D eigenvalue weighted by molar-refractivity contribution is 6.20. The molecule has 0 radical (unpaired) electrons. The van der Waals surface area contributed by atoms with Crippen molar-refractivity contribution in [3.05, 3.63) is 83.9 Å². The van der Waals surface area contributed by atoms with Gasteiger partial charge in [0.15, 0.2) is 5.58 Å². The molecule has 5 aromatic rings. The smallest absolute Gasteiger partial charge is 0.158 e. The van der Waals surface area contributed by atoms with Gasteiger partial charge in [-0.15, -0.1) is 0 Å². The van der Waals surface area contributed by atoms with Gasteiger partial charge in [0, 0.05) is 16.5 Å². The van der Waals surface area contributed by atoms with Gasteiger partial charge in [0.05, 0.1) is 5.69 Å². The average Bonchev–Trinajstić information content (AvgIpc) is 3.12. The van der Waals surface area contributed by atoms with E-state index in [-0.39, 0.29) is 10.8 Å². The van der Waals surface area contributed by atoms with Gasteiger partial charge in [-0.1, -0.05) is 90.1 Å². The standard InChI is InChI=1S/C30H31NO/c1-29(2,3)20-16-21(30(4,5)6)18-22(17-20)31-25-13-9-12-24-27-23-11-8-7-10-19(23)14-15-26(27)32-28(24)25/h7-18,31H,1-6H3. The zero-order valence-electron chi connectivity index (χ0n) is 19.8. The van der Waals surface area contributed by atoms with Gasteiger partial charge in [-0.3, -0.25) is 0 Å². The van der Waals surface area contributed by atoms with E-state index in [1.165, 1.54) is 27.3 Å². The van der Waals surface area contributed by atoms with Crippen LogP contribution in [0.25, 0.3) is 32.7 Å². The molecule has 32 heavy (non-hydrogen) atoms. The van der Waals surface area contributed by atoms with Crippen molar-refractivity contribution in [2.45, 2.75) is 52.4 Å². The van der Waals surface area contributed by atoms with Gasteiger partial charge in [0.1, 0.15) is 5.58 Å². The van der Waals surface area contributed by atoms with E-state index in [4.69, 9.17) is 4.42 Å². The van der Waals surface area contributed by atoms with E-state index in [0.717, 1.165) is 27.9 Å². The van der Waals surface area contributed by atoms with Crippen LogP contribution in [0.4, 0.5) is 11.4 Å². The van der Waals surface area contributed by atoms with Crippen LogP contribution in [0.3, 0.4) is 0 Å². The summed E-state index contributed by atoms with van der Waals surface area (Å²) in [5.74, 6) is 0. The first kappa shape index (κ1) is 20.6. The Morgan fingerprint density at radius 3 is 2.00 bits per heavy atom. The van der Waals surface area contributed by atoms with E-state index in [1.807, 2.05) is 0 Å². The summed E-state index contributed by atoms with van der Waals surface area (Å²) < 4.78 is 6.40. The predicted octanol–water partition coefficient (Wildman–Crippen LogP) is 9.08. The second-order valence-corrected chi connectivity index (χ2v) is 10.9. The summed E-state index contributed by atoms with van der Waals surface area (Å²) in [5.41, 5.74) is 6.72. The van der Waals surface area contributed by atoms with Crippen LogP contribution < -0.4 is 5.32 Å². The van der Waals surface area contributed by atoms with Gasteiger partial charge >= 0.3 is 0 Å². The molecule has 4 aromatic carbocycles. The van der Waals surface area contributed by atoms with E-state index in [0.29, 0.717) is 0 Å². The van der Waals surface area contributed by atoms with Crippen LogP contribution in [0.1, 0.15) is 52.7 Å². The highest BCUT2D eigenvalue weighted by Gasteiger charge is 2.21. The summed E-state index contributed by atoms with van der Waals surface area (Å²) in [6, 6.07) is 26.0. The largest absolute Gasteiger partial charge is 0.454 e. The van der Waals surface area contributed by atoms with E-state index in [1.54, 1.807) is 0 Å². The molecule has 1 N–H and O–H groups in total. The Morgan fingerprint density at radius 1 is 0.656 bits per heavy atom. The van der Waals surface area contributed by atoms with Crippen LogP contribution >= 0.6 is 0 Å². The number of anilines is 2. The lowest BCUT2D eigenvalue weighted by molar-refractivity contribution is 0.569. The minimum Gasteiger partial charge on any atom is -0.454 e. The van der Waals surface area contributed by atoms with Gasteiger partial charge in [-0.05, 0) is 57.0 Å². The fourth-order valence-corrected chi connectivity index (χ4v) is 4.39. The number of fused-ring (bicyclic) bond motifs is 5. The third-order valence-electron chi connectivity index (χ3n) is 6.33. The normalized spacial score (nSPS) is 12.7. The summed E-state index contributed by atoms with van der Waals surface area (Å²) in [6.07, 6.45) is 0. The molecule has 5 rings (SSSR count). The second-order valence-electron chi connectivity index (χ2n) is 10.9. The molecule has 162 valence electrons. The third-order valence-corrected chi connectivity index (χ3v) is 6.33. The lowest BCUT2D eigenvalue weighted by atomic mass is 9.80. The topological polar surface area (TPSA) is 25.2 Å². The molecule has 0 spiro atoms. The third kappa shape index (κ3) is 3.54. The number of benzene rings is 4. The van der Waals surface area contributed by atoms with Crippen LogP contribution in [0, 0.1) is 0 Å². The van der Waals surface area contributed by atoms with Crippen LogP contribution in [-0.2, 0) is 10.8 Å². The molecule has 0 unspecified atom stereocenters. The summed E-state index contributed by atoms with van der Waals surface area (Å²) in [7, 11) is 0. The number of hydrogen-bond donors (Lipinski definition) is 1. The molecule has 0 fully saturated rings. The minimum absolute atomic E-state index is 0.0714. The summed E-state index contributed by atoms with van der Waals surface area (Å²) >= 11 is 0. The summed E-state index contributed by atoms with van der Waals surface area (Å²) in [6.45, 7) is 13.6. The average molecular weight is 422 g/mol. The Kier molecular flexibility index (Phi) is 4.60. The fourth-order valence-electron chi connectivity index (χ4n) is 4.39. The molecule has 0 aliphatic heterocycles. The highest BCUT2D eigenvalue weighted by Crippen LogP contribution is 2.39. The van der Waals surface area contributed by atoms with Gasteiger partial charge in [-0.2, -0.15) is 0 Å².